The highest BCUT2D eigenvalue weighted by molar-refractivity contribution is 6.35. The second kappa shape index (κ2) is 6.61. The SMILES string of the molecule is O=C(Nc1cc(Cl)cc(Cl)c1)C1(C(=O)Nc2ccc(F)cc2F)CC1. The average Bonchev–Trinajstić information content (AvgIpc) is 3.30. The minimum Gasteiger partial charge on any atom is -0.325 e. The molecule has 4 nitrogen and oxygen atoms in total. The Morgan fingerprint density at radius 1 is 0.920 bits per heavy atom. The standard InChI is InChI=1S/C17H12Cl2F2N2O2/c18-9-5-10(19)7-12(6-9)22-15(24)17(3-4-17)16(25)23-14-2-1-11(20)8-13(14)21/h1-2,5-8H,3-4H2,(H,22,24)(H,23,25). The summed E-state index contributed by atoms with van der Waals surface area (Å²) in [6.45, 7) is 0. The number of halogens is 4. The van der Waals surface area contributed by atoms with E-state index in [1.807, 2.05) is 0 Å². The van der Waals surface area contributed by atoms with Gasteiger partial charge in [0.15, 0.2) is 0 Å². The van der Waals surface area contributed by atoms with Gasteiger partial charge in [0.1, 0.15) is 17.0 Å². The molecule has 8 heteroatoms. The van der Waals surface area contributed by atoms with Crippen molar-refractivity contribution in [2.24, 2.45) is 5.41 Å². The molecule has 0 radical (unpaired) electrons. The van der Waals surface area contributed by atoms with Crippen molar-refractivity contribution < 1.29 is 18.4 Å². The topological polar surface area (TPSA) is 58.2 Å². The lowest BCUT2D eigenvalue weighted by Gasteiger charge is -2.16. The number of anilines is 2. The van der Waals surface area contributed by atoms with Gasteiger partial charge < -0.3 is 10.6 Å². The van der Waals surface area contributed by atoms with E-state index < -0.39 is 28.9 Å². The fourth-order valence-corrected chi connectivity index (χ4v) is 2.92. The number of carbonyl (C=O) groups excluding carboxylic acids is 2. The van der Waals surface area contributed by atoms with Crippen molar-refractivity contribution in [2.75, 3.05) is 10.6 Å². The minimum absolute atomic E-state index is 0.184. The third-order valence-corrected chi connectivity index (χ3v) is 4.36. The Balaban J connectivity index is 1.74. The van der Waals surface area contributed by atoms with Crippen LogP contribution in [-0.2, 0) is 9.59 Å². The zero-order valence-electron chi connectivity index (χ0n) is 12.7. The van der Waals surface area contributed by atoms with Crippen LogP contribution in [0, 0.1) is 17.0 Å². The predicted octanol–water partition coefficient (Wildman–Crippen LogP) is 4.63. The second-order valence-corrected chi connectivity index (χ2v) is 6.65. The van der Waals surface area contributed by atoms with E-state index in [-0.39, 0.29) is 5.69 Å². The van der Waals surface area contributed by atoms with E-state index in [9.17, 15) is 18.4 Å². The van der Waals surface area contributed by atoms with Crippen molar-refractivity contribution >= 4 is 46.4 Å². The lowest BCUT2D eigenvalue weighted by Crippen LogP contribution is -2.35. The number of hydrogen-bond donors (Lipinski definition) is 2. The van der Waals surface area contributed by atoms with E-state index in [4.69, 9.17) is 23.2 Å². The fourth-order valence-electron chi connectivity index (χ4n) is 2.39. The molecule has 1 aliphatic carbocycles. The molecule has 1 fully saturated rings. The number of hydrogen-bond acceptors (Lipinski definition) is 2. The Bertz CT molecular complexity index is 849. The largest absolute Gasteiger partial charge is 0.325 e. The molecule has 0 atom stereocenters. The second-order valence-electron chi connectivity index (χ2n) is 5.77. The molecular formula is C17H12Cl2F2N2O2. The van der Waals surface area contributed by atoms with E-state index in [1.165, 1.54) is 18.2 Å². The van der Waals surface area contributed by atoms with E-state index in [0.29, 0.717) is 34.6 Å². The van der Waals surface area contributed by atoms with Crippen LogP contribution in [0.1, 0.15) is 12.8 Å². The molecule has 25 heavy (non-hydrogen) atoms. The molecule has 1 saturated carbocycles. The van der Waals surface area contributed by atoms with Gasteiger partial charge in [-0.15, -0.1) is 0 Å². The van der Waals surface area contributed by atoms with Gasteiger partial charge >= 0.3 is 0 Å². The molecule has 2 aromatic rings. The third kappa shape index (κ3) is 3.75. The number of carbonyl (C=O) groups is 2. The van der Waals surface area contributed by atoms with Gasteiger partial charge in [0.05, 0.1) is 5.69 Å². The average molecular weight is 385 g/mol. The highest BCUT2D eigenvalue weighted by Crippen LogP contribution is 2.47. The summed E-state index contributed by atoms with van der Waals surface area (Å²) in [5.74, 6) is -2.85. The first-order valence-corrected chi connectivity index (χ1v) is 8.10. The molecule has 0 unspecified atom stereocenters. The molecule has 1 aliphatic rings. The van der Waals surface area contributed by atoms with Crippen molar-refractivity contribution in [1.82, 2.24) is 0 Å². The van der Waals surface area contributed by atoms with Crippen LogP contribution in [-0.4, -0.2) is 11.8 Å². The number of benzene rings is 2. The maximum Gasteiger partial charge on any atom is 0.240 e. The highest BCUT2D eigenvalue weighted by Gasteiger charge is 2.56. The van der Waals surface area contributed by atoms with Crippen LogP contribution in [0.4, 0.5) is 20.2 Å². The first kappa shape index (κ1) is 17.6. The van der Waals surface area contributed by atoms with Gasteiger partial charge in [-0.3, -0.25) is 9.59 Å². The molecule has 0 aliphatic heterocycles. The lowest BCUT2D eigenvalue weighted by molar-refractivity contribution is -0.131. The summed E-state index contributed by atoms with van der Waals surface area (Å²) >= 11 is 11.8. The van der Waals surface area contributed by atoms with Crippen LogP contribution in [0.15, 0.2) is 36.4 Å². The maximum atomic E-state index is 13.7. The Morgan fingerprint density at radius 3 is 2.08 bits per heavy atom. The third-order valence-electron chi connectivity index (χ3n) is 3.92. The molecule has 0 bridgehead atoms. The van der Waals surface area contributed by atoms with Gasteiger partial charge in [0, 0.05) is 21.8 Å². The fraction of sp³-hybridized carbons (Fsp3) is 0.176. The summed E-state index contributed by atoms with van der Waals surface area (Å²) in [6.07, 6.45) is 0.642. The van der Waals surface area contributed by atoms with Crippen molar-refractivity contribution in [3.8, 4) is 0 Å². The Kier molecular flexibility index (Phi) is 4.67. The number of amides is 2. The Morgan fingerprint density at radius 2 is 1.52 bits per heavy atom. The van der Waals surface area contributed by atoms with Crippen LogP contribution in [0.2, 0.25) is 10.0 Å². The lowest BCUT2D eigenvalue weighted by atomic mass is 10.0. The normalized spacial score (nSPS) is 14.7. The Hall–Kier alpha value is -2.18. The molecule has 2 aromatic carbocycles. The molecule has 0 heterocycles. The van der Waals surface area contributed by atoms with Gasteiger partial charge in [0.25, 0.3) is 0 Å². The summed E-state index contributed by atoms with van der Waals surface area (Å²) in [7, 11) is 0. The summed E-state index contributed by atoms with van der Waals surface area (Å²) in [6, 6.07) is 7.29. The Labute approximate surface area is 152 Å². The molecular weight excluding hydrogens is 373 g/mol. The first-order valence-electron chi connectivity index (χ1n) is 7.34. The van der Waals surface area contributed by atoms with Gasteiger partial charge in [0.2, 0.25) is 11.8 Å². The summed E-state index contributed by atoms with van der Waals surface area (Å²) in [5.41, 5.74) is -1.12. The molecule has 130 valence electrons. The quantitative estimate of drug-likeness (QED) is 0.755. The zero-order valence-corrected chi connectivity index (χ0v) is 14.2. The van der Waals surface area contributed by atoms with Gasteiger partial charge in [-0.1, -0.05) is 23.2 Å². The molecule has 2 amide bonds. The van der Waals surface area contributed by atoms with Crippen molar-refractivity contribution in [3.63, 3.8) is 0 Å². The molecule has 2 N–H and O–H groups in total. The smallest absolute Gasteiger partial charge is 0.240 e. The first-order chi connectivity index (χ1) is 11.8. The summed E-state index contributed by atoms with van der Waals surface area (Å²) in [4.78, 5) is 24.9. The number of nitrogens with one attached hydrogen (secondary N) is 2. The molecule has 0 aromatic heterocycles. The van der Waals surface area contributed by atoms with Gasteiger partial charge in [-0.25, -0.2) is 8.78 Å². The van der Waals surface area contributed by atoms with Crippen molar-refractivity contribution in [1.29, 1.82) is 0 Å². The van der Waals surface area contributed by atoms with Crippen LogP contribution in [0.3, 0.4) is 0 Å². The predicted molar refractivity (Wildman–Crippen MR) is 91.7 cm³/mol. The van der Waals surface area contributed by atoms with Gasteiger partial charge in [-0.2, -0.15) is 0 Å². The molecule has 0 saturated heterocycles. The number of rotatable bonds is 4. The summed E-state index contributed by atoms with van der Waals surface area (Å²) < 4.78 is 26.6. The van der Waals surface area contributed by atoms with E-state index in [0.717, 1.165) is 12.1 Å². The highest BCUT2D eigenvalue weighted by atomic mass is 35.5. The molecule has 3 rings (SSSR count). The van der Waals surface area contributed by atoms with E-state index in [1.54, 1.807) is 0 Å². The van der Waals surface area contributed by atoms with Crippen LogP contribution in [0.5, 0.6) is 0 Å². The van der Waals surface area contributed by atoms with E-state index >= 15 is 0 Å². The zero-order chi connectivity index (χ0) is 18.2. The monoisotopic (exact) mass is 384 g/mol. The van der Waals surface area contributed by atoms with Crippen molar-refractivity contribution in [2.45, 2.75) is 12.8 Å². The van der Waals surface area contributed by atoms with Crippen LogP contribution >= 0.6 is 23.2 Å². The maximum absolute atomic E-state index is 13.7. The van der Waals surface area contributed by atoms with Gasteiger partial charge in [-0.05, 0) is 43.2 Å². The molecule has 0 spiro atoms. The van der Waals surface area contributed by atoms with Crippen LogP contribution < -0.4 is 10.6 Å². The van der Waals surface area contributed by atoms with Crippen molar-refractivity contribution in [3.05, 3.63) is 58.1 Å². The van der Waals surface area contributed by atoms with E-state index in [2.05, 4.69) is 10.6 Å². The summed E-state index contributed by atoms with van der Waals surface area (Å²) in [5, 5.41) is 5.61. The minimum atomic E-state index is -1.30. The van der Waals surface area contributed by atoms with Crippen LogP contribution in [0.25, 0.3) is 0 Å².